The van der Waals surface area contributed by atoms with Crippen LogP contribution >= 0.6 is 11.6 Å². The van der Waals surface area contributed by atoms with Crippen molar-refractivity contribution in [2.75, 3.05) is 11.4 Å². The summed E-state index contributed by atoms with van der Waals surface area (Å²) >= 11 is 6.29. The Balaban J connectivity index is 1.74. The van der Waals surface area contributed by atoms with E-state index in [1.807, 2.05) is 11.8 Å². The summed E-state index contributed by atoms with van der Waals surface area (Å²) in [6, 6.07) is 10.7. The predicted molar refractivity (Wildman–Crippen MR) is 128 cm³/mol. The van der Waals surface area contributed by atoms with E-state index in [9.17, 15) is 18.0 Å². The van der Waals surface area contributed by atoms with Gasteiger partial charge in [-0.15, -0.1) is 13.2 Å². The Morgan fingerprint density at radius 1 is 1.08 bits per heavy atom. The van der Waals surface area contributed by atoms with Gasteiger partial charge in [0.1, 0.15) is 11.5 Å². The molecular formula is C25H25ClF3N3O4. The number of aliphatic carboxylic acids is 1. The zero-order chi connectivity index (χ0) is 26.3. The maximum Gasteiger partial charge on any atom is 0.573 e. The molecule has 0 bridgehead atoms. The SMILES string of the molecule is CCc1cnc(N(CCc2ccc(OC(C)C(=O)O)c(Cl)c2)Cc2ccc(OC(F)(F)F)cc2)nc1. The molecule has 3 rings (SSSR count). The summed E-state index contributed by atoms with van der Waals surface area (Å²) in [6.07, 6.45) is -0.989. The molecule has 0 saturated carbocycles. The minimum absolute atomic E-state index is 0.270. The van der Waals surface area contributed by atoms with Gasteiger partial charge in [0.05, 0.1) is 5.02 Å². The molecule has 0 fully saturated rings. The van der Waals surface area contributed by atoms with E-state index in [-0.39, 0.29) is 16.5 Å². The second-order valence-corrected chi connectivity index (χ2v) is 8.38. The maximum absolute atomic E-state index is 12.5. The molecular weight excluding hydrogens is 499 g/mol. The third-order valence-corrected chi connectivity index (χ3v) is 5.53. The lowest BCUT2D eigenvalue weighted by molar-refractivity contribution is -0.274. The second-order valence-electron chi connectivity index (χ2n) is 7.97. The summed E-state index contributed by atoms with van der Waals surface area (Å²) in [5.41, 5.74) is 2.60. The van der Waals surface area contributed by atoms with Crippen LogP contribution in [0.2, 0.25) is 5.02 Å². The van der Waals surface area contributed by atoms with Gasteiger partial charge in [-0.05, 0) is 60.7 Å². The van der Waals surface area contributed by atoms with Gasteiger partial charge in [-0.25, -0.2) is 14.8 Å². The molecule has 0 radical (unpaired) electrons. The van der Waals surface area contributed by atoms with Crippen LogP contribution in [0.15, 0.2) is 54.9 Å². The van der Waals surface area contributed by atoms with Crippen LogP contribution in [0.4, 0.5) is 19.1 Å². The lowest BCUT2D eigenvalue weighted by atomic mass is 10.1. The van der Waals surface area contributed by atoms with Crippen molar-refractivity contribution < 1.29 is 32.5 Å². The van der Waals surface area contributed by atoms with Crippen molar-refractivity contribution in [3.05, 3.63) is 76.6 Å². The van der Waals surface area contributed by atoms with Crippen molar-refractivity contribution in [3.8, 4) is 11.5 Å². The molecule has 1 N–H and O–H groups in total. The molecule has 0 spiro atoms. The van der Waals surface area contributed by atoms with E-state index in [2.05, 4.69) is 14.7 Å². The van der Waals surface area contributed by atoms with Crippen LogP contribution < -0.4 is 14.4 Å². The molecule has 7 nitrogen and oxygen atoms in total. The van der Waals surface area contributed by atoms with Crippen LogP contribution in [0.3, 0.4) is 0 Å². The van der Waals surface area contributed by atoms with Gasteiger partial charge in [-0.1, -0.05) is 36.7 Å². The zero-order valence-corrected chi connectivity index (χ0v) is 20.4. The van der Waals surface area contributed by atoms with Crippen molar-refractivity contribution in [2.24, 2.45) is 0 Å². The number of ether oxygens (including phenoxy) is 2. The third kappa shape index (κ3) is 8.01. The Kier molecular flexibility index (Phi) is 8.98. The highest BCUT2D eigenvalue weighted by atomic mass is 35.5. The average Bonchev–Trinajstić information content (AvgIpc) is 2.83. The maximum atomic E-state index is 12.5. The molecule has 0 amide bonds. The number of aryl methyl sites for hydroxylation is 1. The van der Waals surface area contributed by atoms with Gasteiger partial charge < -0.3 is 19.5 Å². The van der Waals surface area contributed by atoms with Crippen molar-refractivity contribution in [3.63, 3.8) is 0 Å². The van der Waals surface area contributed by atoms with E-state index in [1.165, 1.54) is 19.1 Å². The van der Waals surface area contributed by atoms with Crippen molar-refractivity contribution in [1.82, 2.24) is 9.97 Å². The van der Waals surface area contributed by atoms with Crippen LogP contribution in [0, 0.1) is 0 Å². The number of hydrogen-bond acceptors (Lipinski definition) is 6. The minimum atomic E-state index is -4.75. The molecule has 0 aliphatic rings. The average molecular weight is 524 g/mol. The molecule has 11 heteroatoms. The monoisotopic (exact) mass is 523 g/mol. The molecule has 2 aromatic carbocycles. The number of halogens is 4. The van der Waals surface area contributed by atoms with E-state index in [1.54, 1.807) is 42.7 Å². The summed E-state index contributed by atoms with van der Waals surface area (Å²) in [5.74, 6) is -0.649. The van der Waals surface area contributed by atoms with Gasteiger partial charge in [-0.2, -0.15) is 0 Å². The first kappa shape index (κ1) is 27.1. The minimum Gasteiger partial charge on any atom is -0.479 e. The van der Waals surface area contributed by atoms with E-state index < -0.39 is 18.4 Å². The van der Waals surface area contributed by atoms with E-state index in [0.717, 1.165) is 23.1 Å². The van der Waals surface area contributed by atoms with Crippen LogP contribution in [-0.4, -0.2) is 40.1 Å². The van der Waals surface area contributed by atoms with Gasteiger partial charge >= 0.3 is 12.3 Å². The summed E-state index contributed by atoms with van der Waals surface area (Å²) < 4.78 is 46.7. The lowest BCUT2D eigenvalue weighted by Gasteiger charge is -2.23. The fraction of sp³-hybridized carbons (Fsp3) is 0.320. The number of carboxylic acids is 1. The molecule has 1 atom stereocenters. The number of rotatable bonds is 11. The summed E-state index contributed by atoms with van der Waals surface area (Å²) in [7, 11) is 0. The summed E-state index contributed by atoms with van der Waals surface area (Å²) in [6.45, 7) is 4.24. The van der Waals surface area contributed by atoms with E-state index >= 15 is 0 Å². The fourth-order valence-electron chi connectivity index (χ4n) is 3.26. The van der Waals surface area contributed by atoms with Gasteiger partial charge in [0.25, 0.3) is 0 Å². The molecule has 1 unspecified atom stereocenters. The van der Waals surface area contributed by atoms with Crippen LogP contribution in [0.25, 0.3) is 0 Å². The fourth-order valence-corrected chi connectivity index (χ4v) is 3.51. The van der Waals surface area contributed by atoms with Crippen LogP contribution in [0.1, 0.15) is 30.5 Å². The Labute approximate surface area is 211 Å². The predicted octanol–water partition coefficient (Wildman–Crippen LogP) is 5.69. The zero-order valence-electron chi connectivity index (χ0n) is 19.6. The highest BCUT2D eigenvalue weighted by molar-refractivity contribution is 6.32. The van der Waals surface area contributed by atoms with Gasteiger partial charge in [0.2, 0.25) is 5.95 Å². The standard InChI is InChI=1S/C25H25ClF3N3O4/c1-3-17-13-30-24(31-14-17)32(15-19-4-7-20(8-5-19)36-25(27,28)29)11-10-18-6-9-22(21(26)12-18)35-16(2)23(33)34/h4-9,12-14,16H,3,10-11,15H2,1-2H3,(H,33,34). The van der Waals surface area contributed by atoms with E-state index in [0.29, 0.717) is 25.5 Å². The van der Waals surface area contributed by atoms with Gasteiger partial charge in [-0.3, -0.25) is 0 Å². The largest absolute Gasteiger partial charge is 0.573 e. The number of nitrogens with zero attached hydrogens (tertiary/aromatic N) is 3. The topological polar surface area (TPSA) is 84.8 Å². The number of benzene rings is 2. The number of alkyl halides is 3. The molecule has 192 valence electrons. The Bertz CT molecular complexity index is 1160. The van der Waals surface area contributed by atoms with Crippen molar-refractivity contribution in [2.45, 2.75) is 45.7 Å². The normalized spacial score (nSPS) is 12.2. The highest BCUT2D eigenvalue weighted by Crippen LogP contribution is 2.27. The van der Waals surface area contributed by atoms with Gasteiger partial charge in [0.15, 0.2) is 6.10 Å². The first-order chi connectivity index (χ1) is 17.0. The van der Waals surface area contributed by atoms with Crippen LogP contribution in [0.5, 0.6) is 11.5 Å². The number of carboxylic acid groups (broad SMARTS) is 1. The molecule has 1 aromatic heterocycles. The Morgan fingerprint density at radius 3 is 2.28 bits per heavy atom. The van der Waals surface area contributed by atoms with Crippen molar-refractivity contribution >= 4 is 23.5 Å². The molecule has 0 aliphatic carbocycles. The summed E-state index contributed by atoms with van der Waals surface area (Å²) in [4.78, 5) is 21.8. The molecule has 0 saturated heterocycles. The number of anilines is 1. The lowest BCUT2D eigenvalue weighted by Crippen LogP contribution is -2.27. The molecule has 36 heavy (non-hydrogen) atoms. The quantitative estimate of drug-likeness (QED) is 0.345. The number of aromatic nitrogens is 2. The third-order valence-electron chi connectivity index (χ3n) is 5.23. The van der Waals surface area contributed by atoms with E-state index in [4.69, 9.17) is 21.4 Å². The number of carbonyl (C=O) groups is 1. The highest BCUT2D eigenvalue weighted by Gasteiger charge is 2.31. The number of hydrogen-bond donors (Lipinski definition) is 1. The van der Waals surface area contributed by atoms with Gasteiger partial charge in [0, 0.05) is 25.5 Å². The molecule has 0 aliphatic heterocycles. The second kappa shape index (κ2) is 11.9. The van der Waals surface area contributed by atoms with Crippen LogP contribution in [-0.2, 0) is 24.2 Å². The first-order valence-electron chi connectivity index (χ1n) is 11.1. The van der Waals surface area contributed by atoms with Crippen molar-refractivity contribution in [1.29, 1.82) is 0 Å². The smallest absolute Gasteiger partial charge is 0.479 e. The summed E-state index contributed by atoms with van der Waals surface area (Å²) in [5, 5.41) is 9.31. The molecule has 1 heterocycles. The molecule has 3 aromatic rings. The Morgan fingerprint density at radius 2 is 1.72 bits per heavy atom. The Hall–Kier alpha value is -3.53. The first-order valence-corrected chi connectivity index (χ1v) is 11.5.